The Morgan fingerprint density at radius 3 is 2.48 bits per heavy atom. The molecule has 4 nitrogen and oxygen atoms in total. The van der Waals surface area contributed by atoms with E-state index in [2.05, 4.69) is 5.32 Å². The van der Waals surface area contributed by atoms with E-state index >= 15 is 0 Å². The molecular weight excluding hydrogens is 313 g/mol. The molecule has 3 rings (SSSR count). The Hall–Kier alpha value is -1.91. The van der Waals surface area contributed by atoms with E-state index in [1.165, 1.54) is 0 Å². The summed E-state index contributed by atoms with van der Waals surface area (Å²) in [5.41, 5.74) is 1.05. The molecule has 1 aliphatic heterocycles. The van der Waals surface area contributed by atoms with Gasteiger partial charge in [0.05, 0.1) is 10.0 Å². The number of nitrogens with one attached hydrogen (secondary N) is 1. The van der Waals surface area contributed by atoms with Crippen molar-refractivity contribution in [1.82, 2.24) is 0 Å². The van der Waals surface area contributed by atoms with Crippen LogP contribution in [0.5, 0.6) is 11.5 Å². The van der Waals surface area contributed by atoms with Crippen LogP contribution in [-0.2, 0) is 0 Å². The SMILES string of the molecule is O=C(Nc1ccc(Cl)c(Cl)c1)c1ccc2c(c1)OCCO2. The monoisotopic (exact) mass is 323 g/mol. The highest BCUT2D eigenvalue weighted by Gasteiger charge is 2.15. The van der Waals surface area contributed by atoms with Gasteiger partial charge >= 0.3 is 0 Å². The molecular formula is C15H11Cl2NO3. The quantitative estimate of drug-likeness (QED) is 0.908. The number of fused-ring (bicyclic) bond motifs is 1. The molecule has 21 heavy (non-hydrogen) atoms. The fourth-order valence-electron chi connectivity index (χ4n) is 1.96. The largest absolute Gasteiger partial charge is 0.486 e. The van der Waals surface area contributed by atoms with Gasteiger partial charge in [-0.3, -0.25) is 4.79 Å². The molecule has 0 aromatic heterocycles. The highest BCUT2D eigenvalue weighted by atomic mass is 35.5. The van der Waals surface area contributed by atoms with E-state index in [9.17, 15) is 4.79 Å². The van der Waals surface area contributed by atoms with Gasteiger partial charge in [-0.2, -0.15) is 0 Å². The highest BCUT2D eigenvalue weighted by molar-refractivity contribution is 6.42. The second-order valence-corrected chi connectivity index (χ2v) is 5.26. The summed E-state index contributed by atoms with van der Waals surface area (Å²) >= 11 is 11.8. The number of amides is 1. The number of hydrogen-bond acceptors (Lipinski definition) is 3. The molecule has 0 bridgehead atoms. The molecule has 0 aliphatic carbocycles. The van der Waals surface area contributed by atoms with E-state index in [1.54, 1.807) is 36.4 Å². The topological polar surface area (TPSA) is 47.6 Å². The lowest BCUT2D eigenvalue weighted by atomic mass is 10.1. The molecule has 0 atom stereocenters. The fourth-order valence-corrected chi connectivity index (χ4v) is 2.26. The summed E-state index contributed by atoms with van der Waals surface area (Å²) in [7, 11) is 0. The summed E-state index contributed by atoms with van der Waals surface area (Å²) in [5.74, 6) is 0.959. The molecule has 1 aliphatic rings. The van der Waals surface area contributed by atoms with Crippen molar-refractivity contribution < 1.29 is 14.3 Å². The number of anilines is 1. The standard InChI is InChI=1S/C15H11Cl2NO3/c16-11-3-2-10(8-12(11)17)18-15(19)9-1-4-13-14(7-9)21-6-5-20-13/h1-4,7-8H,5-6H2,(H,18,19). The number of halogens is 2. The van der Waals surface area contributed by atoms with Crippen molar-refractivity contribution >= 4 is 34.8 Å². The van der Waals surface area contributed by atoms with Gasteiger partial charge in [0.25, 0.3) is 5.91 Å². The van der Waals surface area contributed by atoms with E-state index in [-0.39, 0.29) is 5.91 Å². The maximum atomic E-state index is 12.2. The van der Waals surface area contributed by atoms with Crippen molar-refractivity contribution in [2.45, 2.75) is 0 Å². The number of rotatable bonds is 2. The van der Waals surface area contributed by atoms with Crippen molar-refractivity contribution in [2.24, 2.45) is 0 Å². The van der Waals surface area contributed by atoms with Crippen LogP contribution in [0.4, 0.5) is 5.69 Å². The summed E-state index contributed by atoms with van der Waals surface area (Å²) in [6, 6.07) is 9.97. The zero-order valence-corrected chi connectivity index (χ0v) is 12.4. The Labute approximate surface area is 131 Å². The average Bonchev–Trinajstić information content (AvgIpc) is 2.50. The van der Waals surface area contributed by atoms with Crippen molar-refractivity contribution in [1.29, 1.82) is 0 Å². The molecule has 108 valence electrons. The zero-order chi connectivity index (χ0) is 14.8. The van der Waals surface area contributed by atoms with Gasteiger partial charge in [0.15, 0.2) is 11.5 Å². The van der Waals surface area contributed by atoms with Crippen molar-refractivity contribution in [3.63, 3.8) is 0 Å². The van der Waals surface area contributed by atoms with Crippen LogP contribution in [0.25, 0.3) is 0 Å². The van der Waals surface area contributed by atoms with Crippen LogP contribution in [0.15, 0.2) is 36.4 Å². The van der Waals surface area contributed by atoms with E-state index in [0.29, 0.717) is 46.0 Å². The van der Waals surface area contributed by atoms with Crippen LogP contribution in [0.2, 0.25) is 10.0 Å². The minimum absolute atomic E-state index is 0.259. The first-order valence-electron chi connectivity index (χ1n) is 6.29. The Kier molecular flexibility index (Phi) is 3.90. The lowest BCUT2D eigenvalue weighted by Gasteiger charge is -2.18. The smallest absolute Gasteiger partial charge is 0.255 e. The van der Waals surface area contributed by atoms with Crippen LogP contribution >= 0.6 is 23.2 Å². The summed E-state index contributed by atoms with van der Waals surface area (Å²) < 4.78 is 10.9. The number of carbonyl (C=O) groups excluding carboxylic acids is 1. The summed E-state index contributed by atoms with van der Waals surface area (Å²) in [6.45, 7) is 0.993. The average molecular weight is 324 g/mol. The summed E-state index contributed by atoms with van der Waals surface area (Å²) in [5, 5.41) is 3.58. The molecule has 6 heteroatoms. The molecule has 2 aromatic rings. The highest BCUT2D eigenvalue weighted by Crippen LogP contribution is 2.31. The molecule has 0 radical (unpaired) electrons. The van der Waals surface area contributed by atoms with Crippen molar-refractivity contribution in [3.05, 3.63) is 52.0 Å². The third kappa shape index (κ3) is 3.06. The first-order chi connectivity index (χ1) is 10.1. The van der Waals surface area contributed by atoms with Gasteiger partial charge in [0.2, 0.25) is 0 Å². The first-order valence-corrected chi connectivity index (χ1v) is 7.05. The number of hydrogen-bond donors (Lipinski definition) is 1. The summed E-state index contributed by atoms with van der Waals surface area (Å²) in [4.78, 5) is 12.2. The molecule has 0 fully saturated rings. The van der Waals surface area contributed by atoms with Crippen LogP contribution < -0.4 is 14.8 Å². The third-order valence-electron chi connectivity index (χ3n) is 2.98. The lowest BCUT2D eigenvalue weighted by molar-refractivity contribution is 0.102. The minimum atomic E-state index is -0.259. The minimum Gasteiger partial charge on any atom is -0.486 e. The summed E-state index contributed by atoms with van der Waals surface area (Å²) in [6.07, 6.45) is 0. The van der Waals surface area contributed by atoms with E-state index in [0.717, 1.165) is 0 Å². The van der Waals surface area contributed by atoms with Gasteiger partial charge in [-0.05, 0) is 36.4 Å². The van der Waals surface area contributed by atoms with Gasteiger partial charge in [-0.1, -0.05) is 23.2 Å². The van der Waals surface area contributed by atoms with Gasteiger partial charge in [-0.25, -0.2) is 0 Å². The Morgan fingerprint density at radius 2 is 1.71 bits per heavy atom. The fraction of sp³-hybridized carbons (Fsp3) is 0.133. The molecule has 2 aromatic carbocycles. The van der Waals surface area contributed by atoms with Crippen LogP contribution in [0.1, 0.15) is 10.4 Å². The molecule has 1 N–H and O–H groups in total. The molecule has 1 heterocycles. The molecule has 0 unspecified atom stereocenters. The van der Waals surface area contributed by atoms with Crippen LogP contribution in [0.3, 0.4) is 0 Å². The Morgan fingerprint density at radius 1 is 0.952 bits per heavy atom. The molecule has 0 saturated carbocycles. The second kappa shape index (κ2) is 5.84. The number of benzene rings is 2. The first kappa shape index (κ1) is 14.0. The van der Waals surface area contributed by atoms with Gasteiger partial charge in [0.1, 0.15) is 13.2 Å². The number of carbonyl (C=O) groups is 1. The lowest BCUT2D eigenvalue weighted by Crippen LogP contribution is -2.17. The second-order valence-electron chi connectivity index (χ2n) is 4.44. The predicted molar refractivity (Wildman–Crippen MR) is 81.8 cm³/mol. The van der Waals surface area contributed by atoms with E-state index < -0.39 is 0 Å². The zero-order valence-electron chi connectivity index (χ0n) is 10.9. The van der Waals surface area contributed by atoms with Crippen molar-refractivity contribution in [3.8, 4) is 11.5 Å². The van der Waals surface area contributed by atoms with E-state index in [1.807, 2.05) is 0 Å². The van der Waals surface area contributed by atoms with E-state index in [4.69, 9.17) is 32.7 Å². The van der Waals surface area contributed by atoms with Crippen LogP contribution in [-0.4, -0.2) is 19.1 Å². The van der Waals surface area contributed by atoms with Crippen LogP contribution in [0, 0.1) is 0 Å². The Bertz CT molecular complexity index is 703. The van der Waals surface area contributed by atoms with Crippen molar-refractivity contribution in [2.75, 3.05) is 18.5 Å². The maximum Gasteiger partial charge on any atom is 0.255 e. The molecule has 0 spiro atoms. The van der Waals surface area contributed by atoms with Gasteiger partial charge < -0.3 is 14.8 Å². The van der Waals surface area contributed by atoms with Gasteiger partial charge in [-0.15, -0.1) is 0 Å². The molecule has 1 amide bonds. The maximum absolute atomic E-state index is 12.2. The molecule has 0 saturated heterocycles. The van der Waals surface area contributed by atoms with Gasteiger partial charge in [0, 0.05) is 11.3 Å². The number of ether oxygens (including phenoxy) is 2. The third-order valence-corrected chi connectivity index (χ3v) is 3.72. The normalized spacial score (nSPS) is 12.9. The predicted octanol–water partition coefficient (Wildman–Crippen LogP) is 4.02. The Balaban J connectivity index is 1.80.